The molecule has 0 unspecified atom stereocenters. The van der Waals surface area contributed by atoms with Crippen molar-refractivity contribution in [3.63, 3.8) is 0 Å². The number of nitrogens with two attached hydrogens (primary N) is 1. The Hall–Kier alpha value is -2.46. The minimum absolute atomic E-state index is 0.0725. The van der Waals surface area contributed by atoms with Gasteiger partial charge in [0.25, 0.3) is 0 Å². The minimum atomic E-state index is 0.0725. The van der Waals surface area contributed by atoms with Crippen LogP contribution in [0.4, 0.5) is 11.4 Å². The number of hydrogen-bond donors (Lipinski definition) is 3. The van der Waals surface area contributed by atoms with Crippen molar-refractivity contribution in [2.75, 3.05) is 5.73 Å². The molecule has 4 N–H and O–H groups in total. The maximum Gasteiger partial charge on any atom is 0.198 e. The second kappa shape index (κ2) is 4.90. The number of nitrogens with zero attached hydrogens (tertiary/aromatic N) is 1. The molecular formula is C15H12ClN3O. The van der Waals surface area contributed by atoms with Crippen LogP contribution in [0.2, 0.25) is 5.02 Å². The van der Waals surface area contributed by atoms with E-state index >= 15 is 0 Å². The Kier molecular flexibility index (Phi) is 3.08. The van der Waals surface area contributed by atoms with E-state index in [1.165, 1.54) is 0 Å². The van der Waals surface area contributed by atoms with Crippen molar-refractivity contribution in [1.82, 2.24) is 4.98 Å². The summed E-state index contributed by atoms with van der Waals surface area (Å²) in [5.41, 5.74) is 8.59. The number of aromatic amines is 1. The van der Waals surface area contributed by atoms with Crippen LogP contribution in [0.1, 0.15) is 5.56 Å². The summed E-state index contributed by atoms with van der Waals surface area (Å²) in [5, 5.41) is 11.4. The van der Waals surface area contributed by atoms with Gasteiger partial charge < -0.3 is 15.8 Å². The zero-order valence-corrected chi connectivity index (χ0v) is 11.2. The summed E-state index contributed by atoms with van der Waals surface area (Å²) in [6.07, 6.45) is 1.61. The van der Waals surface area contributed by atoms with Crippen LogP contribution < -0.4 is 5.73 Å². The topological polar surface area (TPSA) is 74.4 Å². The fourth-order valence-corrected chi connectivity index (χ4v) is 2.14. The Morgan fingerprint density at radius 3 is 2.65 bits per heavy atom. The average Bonchev–Trinajstić information content (AvgIpc) is 2.73. The summed E-state index contributed by atoms with van der Waals surface area (Å²) in [5.74, 6) is 0.0725. The molecular weight excluding hydrogens is 274 g/mol. The molecule has 20 heavy (non-hydrogen) atoms. The lowest BCUT2D eigenvalue weighted by Gasteiger charge is -1.96. The molecule has 1 aromatic heterocycles. The van der Waals surface area contributed by atoms with Gasteiger partial charge >= 0.3 is 0 Å². The van der Waals surface area contributed by atoms with Crippen LogP contribution in [-0.2, 0) is 0 Å². The largest absolute Gasteiger partial charge is 0.494 e. The molecule has 0 radical (unpaired) electrons. The maximum atomic E-state index is 9.94. The molecule has 0 atom stereocenters. The zero-order valence-electron chi connectivity index (χ0n) is 10.5. The van der Waals surface area contributed by atoms with Crippen LogP contribution in [0, 0.1) is 0 Å². The van der Waals surface area contributed by atoms with Gasteiger partial charge in [0, 0.05) is 27.8 Å². The maximum absolute atomic E-state index is 9.94. The van der Waals surface area contributed by atoms with Crippen molar-refractivity contribution in [3.8, 4) is 5.88 Å². The lowest BCUT2D eigenvalue weighted by Crippen LogP contribution is -1.84. The van der Waals surface area contributed by atoms with E-state index in [2.05, 4.69) is 9.98 Å². The second-order valence-electron chi connectivity index (χ2n) is 4.43. The smallest absolute Gasteiger partial charge is 0.198 e. The first-order valence-electron chi connectivity index (χ1n) is 6.03. The van der Waals surface area contributed by atoms with E-state index in [-0.39, 0.29) is 5.88 Å². The number of H-pyrrole nitrogens is 1. The number of fused-ring (bicyclic) bond motifs is 1. The van der Waals surface area contributed by atoms with E-state index in [9.17, 15) is 5.11 Å². The van der Waals surface area contributed by atoms with Crippen LogP contribution in [-0.4, -0.2) is 16.3 Å². The van der Waals surface area contributed by atoms with Crippen molar-refractivity contribution in [3.05, 3.63) is 53.1 Å². The van der Waals surface area contributed by atoms with Gasteiger partial charge in [-0.15, -0.1) is 0 Å². The monoisotopic (exact) mass is 285 g/mol. The molecule has 3 aromatic rings. The van der Waals surface area contributed by atoms with E-state index in [1.807, 2.05) is 6.07 Å². The number of nitrogens with one attached hydrogen (secondary N) is 1. The summed E-state index contributed by atoms with van der Waals surface area (Å²) in [6.45, 7) is 0. The lowest BCUT2D eigenvalue weighted by molar-refractivity contribution is 0.457. The summed E-state index contributed by atoms with van der Waals surface area (Å²) in [7, 11) is 0. The van der Waals surface area contributed by atoms with Crippen molar-refractivity contribution >= 4 is 40.1 Å². The Morgan fingerprint density at radius 1 is 1.15 bits per heavy atom. The molecule has 0 fully saturated rings. The predicted molar refractivity (Wildman–Crippen MR) is 83.1 cm³/mol. The highest BCUT2D eigenvalue weighted by Gasteiger charge is 2.08. The first-order valence-corrected chi connectivity index (χ1v) is 6.41. The number of nitrogen functional groups attached to an aromatic ring is 1. The minimum Gasteiger partial charge on any atom is -0.494 e. The standard InChI is InChI=1S/C15H12ClN3O/c16-9-1-4-11(5-2-9)18-8-13-12-7-10(17)3-6-14(12)19-15(13)20/h1-8,19-20H,17H2. The highest BCUT2D eigenvalue weighted by atomic mass is 35.5. The van der Waals surface area contributed by atoms with Crippen LogP contribution in [0.15, 0.2) is 47.5 Å². The summed E-state index contributed by atoms with van der Waals surface area (Å²) in [6, 6.07) is 12.5. The van der Waals surface area contributed by atoms with Gasteiger partial charge in [0.05, 0.1) is 11.3 Å². The summed E-state index contributed by atoms with van der Waals surface area (Å²) >= 11 is 5.82. The Labute approximate surface area is 120 Å². The normalized spacial score (nSPS) is 11.4. The van der Waals surface area contributed by atoms with Gasteiger partial charge in [-0.2, -0.15) is 0 Å². The van der Waals surface area contributed by atoms with Crippen molar-refractivity contribution < 1.29 is 5.11 Å². The Balaban J connectivity index is 2.03. The fourth-order valence-electron chi connectivity index (χ4n) is 2.01. The van der Waals surface area contributed by atoms with Gasteiger partial charge in [0.15, 0.2) is 5.88 Å². The number of rotatable bonds is 2. The van der Waals surface area contributed by atoms with Crippen LogP contribution >= 0.6 is 11.6 Å². The molecule has 0 aliphatic carbocycles. The molecule has 100 valence electrons. The summed E-state index contributed by atoms with van der Waals surface area (Å²) < 4.78 is 0. The molecule has 4 nitrogen and oxygen atoms in total. The van der Waals surface area contributed by atoms with Gasteiger partial charge in [-0.3, -0.25) is 4.99 Å². The molecule has 1 heterocycles. The number of benzene rings is 2. The van der Waals surface area contributed by atoms with Crippen molar-refractivity contribution in [1.29, 1.82) is 0 Å². The third kappa shape index (κ3) is 2.33. The molecule has 0 bridgehead atoms. The van der Waals surface area contributed by atoms with Gasteiger partial charge in [-0.05, 0) is 42.5 Å². The molecule has 2 aromatic carbocycles. The number of hydrogen-bond acceptors (Lipinski definition) is 3. The fraction of sp³-hybridized carbons (Fsp3) is 0. The van der Waals surface area contributed by atoms with Gasteiger partial charge in [0.1, 0.15) is 0 Å². The SMILES string of the molecule is Nc1ccc2[nH]c(O)c(C=Nc3ccc(Cl)cc3)c2c1. The predicted octanol–water partition coefficient (Wildman–Crippen LogP) is 3.86. The highest BCUT2D eigenvalue weighted by Crippen LogP contribution is 2.28. The zero-order chi connectivity index (χ0) is 14.1. The molecule has 0 saturated heterocycles. The number of anilines is 1. The molecule has 0 spiro atoms. The first kappa shape index (κ1) is 12.6. The summed E-state index contributed by atoms with van der Waals surface area (Å²) in [4.78, 5) is 7.21. The van der Waals surface area contributed by atoms with Crippen LogP contribution in [0.5, 0.6) is 5.88 Å². The van der Waals surface area contributed by atoms with E-state index in [4.69, 9.17) is 17.3 Å². The molecule has 0 amide bonds. The van der Waals surface area contributed by atoms with Crippen molar-refractivity contribution in [2.24, 2.45) is 4.99 Å². The van der Waals surface area contributed by atoms with Gasteiger partial charge in [-0.1, -0.05) is 11.6 Å². The van der Waals surface area contributed by atoms with Gasteiger partial charge in [-0.25, -0.2) is 0 Å². The number of aliphatic imine (C=N–C) groups is 1. The number of aromatic nitrogens is 1. The molecule has 0 saturated carbocycles. The molecule has 0 aliphatic heterocycles. The number of halogens is 1. The Morgan fingerprint density at radius 2 is 1.90 bits per heavy atom. The quantitative estimate of drug-likeness (QED) is 0.494. The van der Waals surface area contributed by atoms with Crippen molar-refractivity contribution in [2.45, 2.75) is 0 Å². The third-order valence-electron chi connectivity index (χ3n) is 3.01. The van der Waals surface area contributed by atoms with E-state index in [0.29, 0.717) is 16.3 Å². The molecule has 5 heteroatoms. The average molecular weight is 286 g/mol. The highest BCUT2D eigenvalue weighted by molar-refractivity contribution is 6.30. The molecule has 0 aliphatic rings. The Bertz CT molecular complexity index is 791. The third-order valence-corrected chi connectivity index (χ3v) is 3.26. The van der Waals surface area contributed by atoms with Gasteiger partial charge in [0.2, 0.25) is 0 Å². The second-order valence-corrected chi connectivity index (χ2v) is 4.86. The van der Waals surface area contributed by atoms with E-state index in [1.54, 1.807) is 42.6 Å². The van der Waals surface area contributed by atoms with E-state index in [0.717, 1.165) is 16.6 Å². The van der Waals surface area contributed by atoms with Crippen LogP contribution in [0.3, 0.4) is 0 Å². The first-order chi connectivity index (χ1) is 9.63. The lowest BCUT2D eigenvalue weighted by atomic mass is 10.1. The van der Waals surface area contributed by atoms with Crippen LogP contribution in [0.25, 0.3) is 10.9 Å². The van der Waals surface area contributed by atoms with E-state index < -0.39 is 0 Å². The molecule has 3 rings (SSSR count). The number of aromatic hydroxyl groups is 1.